The number of aromatic nitrogens is 2. The molecule has 1 N–H and O–H groups in total. The molecule has 0 bridgehead atoms. The summed E-state index contributed by atoms with van der Waals surface area (Å²) in [5.74, 6) is 0.176. The molecule has 144 valence electrons. The van der Waals surface area contributed by atoms with Gasteiger partial charge >= 0.3 is 0 Å². The number of hydrogen-bond donors (Lipinski definition) is 1. The quantitative estimate of drug-likeness (QED) is 0.797. The smallest absolute Gasteiger partial charge is 0.252 e. The van der Waals surface area contributed by atoms with Crippen LogP contribution in [0.25, 0.3) is 11.0 Å². The summed E-state index contributed by atoms with van der Waals surface area (Å²) in [7, 11) is 0.529. The minimum absolute atomic E-state index is 0.0642. The molecule has 1 amide bonds. The zero-order chi connectivity index (χ0) is 19.3. The summed E-state index contributed by atoms with van der Waals surface area (Å²) in [6.45, 7) is 8.05. The van der Waals surface area contributed by atoms with Crippen molar-refractivity contribution in [2.75, 3.05) is 26.2 Å². The molecular weight excluding hydrogens is 369 g/mol. The fourth-order valence-corrected chi connectivity index (χ4v) is 5.35. The van der Waals surface area contributed by atoms with E-state index in [1.807, 2.05) is 24.1 Å². The Hall–Kier alpha value is -2.43. The molecule has 3 aliphatic rings. The van der Waals surface area contributed by atoms with Crippen LogP contribution in [0.1, 0.15) is 17.0 Å². The summed E-state index contributed by atoms with van der Waals surface area (Å²) in [4.78, 5) is 21.7. The maximum absolute atomic E-state index is 12.9. The number of allylic oxidation sites excluding steroid dienone is 1. The van der Waals surface area contributed by atoms with Gasteiger partial charge in [0.25, 0.3) is 5.91 Å². The molecule has 3 aliphatic heterocycles. The van der Waals surface area contributed by atoms with Gasteiger partial charge < -0.3 is 19.5 Å². The summed E-state index contributed by atoms with van der Waals surface area (Å²) in [5.41, 5.74) is 5.38. The van der Waals surface area contributed by atoms with Crippen molar-refractivity contribution < 1.29 is 4.79 Å². The number of piperazine rings is 1. The number of aryl methyl sites for hydroxylation is 2. The van der Waals surface area contributed by atoms with Gasteiger partial charge in [-0.2, -0.15) is 0 Å². The van der Waals surface area contributed by atoms with Crippen molar-refractivity contribution in [1.82, 2.24) is 24.5 Å². The van der Waals surface area contributed by atoms with Crippen LogP contribution in [0.15, 0.2) is 48.5 Å². The molecule has 5 rings (SSSR count). The van der Waals surface area contributed by atoms with E-state index in [2.05, 4.69) is 50.9 Å². The van der Waals surface area contributed by atoms with Crippen molar-refractivity contribution in [1.29, 1.82) is 0 Å². The second-order valence-electron chi connectivity index (χ2n) is 7.47. The highest BCUT2D eigenvalue weighted by Gasteiger charge is 2.29. The summed E-state index contributed by atoms with van der Waals surface area (Å²) >= 11 is 0. The van der Waals surface area contributed by atoms with Gasteiger partial charge in [0.05, 0.1) is 17.2 Å². The summed E-state index contributed by atoms with van der Waals surface area (Å²) in [5, 5.41) is 4.49. The normalized spacial score (nSPS) is 23.2. The average Bonchev–Trinajstić information content (AvgIpc) is 3.01. The van der Waals surface area contributed by atoms with Crippen LogP contribution in [-0.2, 0) is 4.79 Å². The van der Waals surface area contributed by atoms with Crippen LogP contribution < -0.4 is 5.32 Å². The van der Waals surface area contributed by atoms with Crippen molar-refractivity contribution in [3.05, 3.63) is 65.4 Å². The van der Waals surface area contributed by atoms with E-state index in [9.17, 15) is 4.79 Å². The lowest BCUT2D eigenvalue weighted by Gasteiger charge is -2.37. The molecule has 0 spiro atoms. The monoisotopic (exact) mass is 393 g/mol. The van der Waals surface area contributed by atoms with Crippen LogP contribution in [0.5, 0.6) is 0 Å². The molecule has 7 heteroatoms. The number of hydrogen-bond acceptors (Lipinski definition) is 4. The van der Waals surface area contributed by atoms with E-state index in [1.165, 1.54) is 0 Å². The lowest BCUT2D eigenvalue weighted by Crippen LogP contribution is -2.44. The van der Waals surface area contributed by atoms with Crippen LogP contribution in [0.3, 0.4) is 0 Å². The largest absolute Gasteiger partial charge is 0.368 e. The molecule has 2 atom stereocenters. The molecule has 0 aliphatic carbocycles. The average molecular weight is 393 g/mol. The van der Waals surface area contributed by atoms with Gasteiger partial charge in [-0.3, -0.25) is 4.79 Å². The molecule has 0 aromatic carbocycles. The third-order valence-electron chi connectivity index (χ3n) is 5.73. The van der Waals surface area contributed by atoms with Gasteiger partial charge in [0.1, 0.15) is 5.65 Å². The Kier molecular flexibility index (Phi) is 4.33. The van der Waals surface area contributed by atoms with Crippen LogP contribution >= 0.6 is 8.58 Å². The fourth-order valence-electron chi connectivity index (χ4n) is 3.98. The molecule has 2 aromatic heterocycles. The highest BCUT2D eigenvalue weighted by atomic mass is 31.1. The first-order chi connectivity index (χ1) is 13.6. The Labute approximate surface area is 166 Å². The van der Waals surface area contributed by atoms with E-state index in [0.29, 0.717) is 8.58 Å². The third kappa shape index (κ3) is 2.97. The van der Waals surface area contributed by atoms with Gasteiger partial charge in [-0.15, -0.1) is 0 Å². The number of amides is 1. The van der Waals surface area contributed by atoms with Crippen LogP contribution in [0.2, 0.25) is 0 Å². The molecule has 0 radical (unpaired) electrons. The zero-order valence-electron chi connectivity index (χ0n) is 16.1. The molecule has 2 aromatic rings. The number of fused-ring (bicyclic) bond motifs is 2. The van der Waals surface area contributed by atoms with E-state index in [1.54, 1.807) is 6.08 Å². The van der Waals surface area contributed by atoms with Crippen molar-refractivity contribution >= 4 is 25.4 Å². The minimum Gasteiger partial charge on any atom is -0.368 e. The number of pyridine rings is 1. The second kappa shape index (κ2) is 6.87. The first kappa shape index (κ1) is 17.7. The van der Waals surface area contributed by atoms with E-state index in [0.717, 1.165) is 59.8 Å². The highest BCUT2D eigenvalue weighted by molar-refractivity contribution is 7.51. The molecule has 6 nitrogen and oxygen atoms in total. The Bertz CT molecular complexity index is 1040. The molecule has 2 unspecified atom stereocenters. The number of imidazole rings is 1. The van der Waals surface area contributed by atoms with E-state index >= 15 is 0 Å². The molecule has 28 heavy (non-hydrogen) atoms. The first-order valence-electron chi connectivity index (χ1n) is 9.72. The van der Waals surface area contributed by atoms with Crippen molar-refractivity contribution in [2.45, 2.75) is 19.6 Å². The Morgan fingerprint density at radius 1 is 1.21 bits per heavy atom. The van der Waals surface area contributed by atoms with E-state index in [-0.39, 0.29) is 11.7 Å². The SMILES string of the molecule is Cc1nc2ccc(C3=CC(=O)N4C=C(N5CCNCC5)C=CC4P3)cn2c1C. The number of nitrogens with one attached hydrogen (secondary N) is 1. The van der Waals surface area contributed by atoms with Gasteiger partial charge in [0, 0.05) is 50.3 Å². The lowest BCUT2D eigenvalue weighted by atomic mass is 10.2. The fraction of sp³-hybridized carbons (Fsp3) is 0.333. The predicted molar refractivity (Wildman–Crippen MR) is 113 cm³/mol. The summed E-state index contributed by atoms with van der Waals surface area (Å²) in [6, 6.07) is 4.12. The van der Waals surface area contributed by atoms with Crippen LogP contribution in [0, 0.1) is 13.8 Å². The number of rotatable bonds is 2. The van der Waals surface area contributed by atoms with Gasteiger partial charge in [-0.1, -0.05) is 14.7 Å². The Balaban J connectivity index is 1.44. The minimum atomic E-state index is 0.0642. The predicted octanol–water partition coefficient (Wildman–Crippen LogP) is 2.46. The van der Waals surface area contributed by atoms with Gasteiger partial charge in [0.2, 0.25) is 0 Å². The summed E-state index contributed by atoms with van der Waals surface area (Å²) in [6.07, 6.45) is 10.3. The van der Waals surface area contributed by atoms with Gasteiger partial charge in [0.15, 0.2) is 0 Å². The number of nitrogens with zero attached hydrogens (tertiary/aromatic N) is 4. The molecule has 5 heterocycles. The standard InChI is InChI=1S/C21H24N5OP/c1-14-15(2)25-12-16(3-5-19(25)23-14)18-11-20(27)26-13-17(4-6-21(26)28-18)24-9-7-22-8-10-24/h3-6,11-13,21-22,28H,7-10H2,1-2H3. The molecule has 1 saturated heterocycles. The third-order valence-corrected chi connectivity index (χ3v) is 7.24. The first-order valence-corrected chi connectivity index (χ1v) is 10.8. The Morgan fingerprint density at radius 3 is 2.86 bits per heavy atom. The topological polar surface area (TPSA) is 52.9 Å². The Morgan fingerprint density at radius 2 is 2.04 bits per heavy atom. The van der Waals surface area contributed by atoms with E-state index in [4.69, 9.17) is 0 Å². The van der Waals surface area contributed by atoms with Crippen molar-refractivity contribution in [2.24, 2.45) is 0 Å². The maximum atomic E-state index is 12.9. The zero-order valence-corrected chi connectivity index (χ0v) is 17.1. The van der Waals surface area contributed by atoms with E-state index < -0.39 is 0 Å². The number of carbonyl (C=O) groups is 1. The second-order valence-corrected chi connectivity index (χ2v) is 8.89. The van der Waals surface area contributed by atoms with Gasteiger partial charge in [-0.05, 0) is 42.9 Å². The summed E-state index contributed by atoms with van der Waals surface area (Å²) < 4.78 is 2.12. The molecule has 0 saturated carbocycles. The molecule has 1 fully saturated rings. The van der Waals surface area contributed by atoms with Crippen LogP contribution in [-0.4, -0.2) is 57.1 Å². The van der Waals surface area contributed by atoms with Crippen LogP contribution in [0.4, 0.5) is 0 Å². The van der Waals surface area contributed by atoms with Crippen molar-refractivity contribution in [3.63, 3.8) is 0 Å². The maximum Gasteiger partial charge on any atom is 0.252 e. The number of carbonyl (C=O) groups excluding carboxylic acids is 1. The van der Waals surface area contributed by atoms with Gasteiger partial charge in [-0.25, -0.2) is 4.98 Å². The highest BCUT2D eigenvalue weighted by Crippen LogP contribution is 2.44. The molecular formula is C21H24N5OP. The lowest BCUT2D eigenvalue weighted by molar-refractivity contribution is -0.123. The van der Waals surface area contributed by atoms with Crippen molar-refractivity contribution in [3.8, 4) is 0 Å².